The fourth-order valence-corrected chi connectivity index (χ4v) is 4.47. The van der Waals surface area contributed by atoms with Gasteiger partial charge in [0.05, 0.1) is 17.5 Å². The number of carboxylic acid groups (broad SMARTS) is 1. The quantitative estimate of drug-likeness (QED) is 0.811. The number of piperidine rings is 1. The molecule has 2 aromatic rings. The molecule has 3 nitrogen and oxygen atoms in total. The summed E-state index contributed by atoms with van der Waals surface area (Å²) in [5.74, 6) is -1.12. The number of carboxylic acids is 1. The van der Waals surface area contributed by atoms with Crippen molar-refractivity contribution in [3.8, 4) is 0 Å². The highest BCUT2D eigenvalue weighted by atomic mass is 32.1. The third-order valence-electron chi connectivity index (χ3n) is 4.82. The van der Waals surface area contributed by atoms with Crippen LogP contribution in [0, 0.1) is 12.8 Å². The average molecular weight is 383 g/mol. The number of hydrogen-bond acceptors (Lipinski definition) is 3. The van der Waals surface area contributed by atoms with E-state index in [9.17, 15) is 23.1 Å². The van der Waals surface area contributed by atoms with Gasteiger partial charge in [-0.2, -0.15) is 13.2 Å². The van der Waals surface area contributed by atoms with E-state index in [4.69, 9.17) is 0 Å². The van der Waals surface area contributed by atoms with Crippen LogP contribution in [-0.2, 0) is 11.0 Å². The molecule has 140 valence electrons. The first-order valence-corrected chi connectivity index (χ1v) is 9.32. The van der Waals surface area contributed by atoms with E-state index in [1.165, 1.54) is 12.1 Å². The van der Waals surface area contributed by atoms with Gasteiger partial charge in [-0.15, -0.1) is 11.3 Å². The second-order valence-electron chi connectivity index (χ2n) is 6.70. The van der Waals surface area contributed by atoms with Crippen molar-refractivity contribution in [1.82, 2.24) is 4.90 Å². The summed E-state index contributed by atoms with van der Waals surface area (Å²) < 4.78 is 38.6. The zero-order valence-electron chi connectivity index (χ0n) is 14.3. The van der Waals surface area contributed by atoms with Gasteiger partial charge in [0.25, 0.3) is 0 Å². The Balaban J connectivity index is 1.89. The van der Waals surface area contributed by atoms with Gasteiger partial charge in [0.15, 0.2) is 0 Å². The van der Waals surface area contributed by atoms with Gasteiger partial charge < -0.3 is 5.11 Å². The number of thiophene rings is 1. The van der Waals surface area contributed by atoms with Gasteiger partial charge in [0.1, 0.15) is 0 Å². The van der Waals surface area contributed by atoms with Gasteiger partial charge in [0.2, 0.25) is 0 Å². The normalized spacial score (nSPS) is 18.0. The molecule has 26 heavy (non-hydrogen) atoms. The Morgan fingerprint density at radius 3 is 2.31 bits per heavy atom. The van der Waals surface area contributed by atoms with Crippen LogP contribution in [0.2, 0.25) is 0 Å². The summed E-state index contributed by atoms with van der Waals surface area (Å²) in [6, 6.07) is 7.21. The maximum Gasteiger partial charge on any atom is 0.416 e. The van der Waals surface area contributed by atoms with Gasteiger partial charge in [-0.25, -0.2) is 0 Å². The molecule has 0 bridgehead atoms. The molecule has 1 aromatic carbocycles. The van der Waals surface area contributed by atoms with Gasteiger partial charge in [0, 0.05) is 4.88 Å². The number of likely N-dealkylation sites (tertiary alicyclic amines) is 1. The van der Waals surface area contributed by atoms with E-state index in [-0.39, 0.29) is 12.0 Å². The fourth-order valence-electron chi connectivity index (χ4n) is 3.41. The molecule has 7 heteroatoms. The average Bonchev–Trinajstić information content (AvgIpc) is 3.01. The van der Waals surface area contributed by atoms with E-state index in [0.717, 1.165) is 28.1 Å². The highest BCUT2D eigenvalue weighted by molar-refractivity contribution is 7.10. The summed E-state index contributed by atoms with van der Waals surface area (Å²) in [4.78, 5) is 14.4. The third-order valence-corrected chi connectivity index (χ3v) is 5.92. The molecule has 1 N–H and O–H groups in total. The van der Waals surface area contributed by atoms with Crippen LogP contribution in [0.1, 0.15) is 40.5 Å². The number of aryl methyl sites for hydroxylation is 1. The molecule has 2 heterocycles. The fraction of sp³-hybridized carbons (Fsp3) is 0.421. The van der Waals surface area contributed by atoms with E-state index in [1.807, 2.05) is 12.3 Å². The Kier molecular flexibility index (Phi) is 5.39. The van der Waals surface area contributed by atoms with Crippen molar-refractivity contribution in [3.05, 3.63) is 57.3 Å². The predicted octanol–water partition coefficient (Wildman–Crippen LogP) is 4.96. The minimum Gasteiger partial charge on any atom is -0.481 e. The highest BCUT2D eigenvalue weighted by Crippen LogP contribution is 2.37. The Morgan fingerprint density at radius 2 is 1.85 bits per heavy atom. The van der Waals surface area contributed by atoms with Crippen LogP contribution in [-0.4, -0.2) is 29.1 Å². The molecular weight excluding hydrogens is 363 g/mol. The van der Waals surface area contributed by atoms with Crippen LogP contribution in [0.5, 0.6) is 0 Å². The molecule has 1 aromatic heterocycles. The topological polar surface area (TPSA) is 40.5 Å². The Morgan fingerprint density at radius 1 is 1.23 bits per heavy atom. The van der Waals surface area contributed by atoms with Gasteiger partial charge in [-0.05, 0) is 67.6 Å². The summed E-state index contributed by atoms with van der Waals surface area (Å²) in [6.07, 6.45) is -3.25. The zero-order chi connectivity index (χ0) is 18.9. The van der Waals surface area contributed by atoms with E-state index < -0.39 is 17.7 Å². The number of nitrogens with zero attached hydrogens (tertiary/aromatic N) is 1. The van der Waals surface area contributed by atoms with E-state index in [2.05, 4.69) is 11.0 Å². The van der Waals surface area contributed by atoms with E-state index in [0.29, 0.717) is 25.9 Å². The third kappa shape index (κ3) is 4.10. The van der Waals surface area contributed by atoms with E-state index in [1.54, 1.807) is 11.3 Å². The van der Waals surface area contributed by atoms with E-state index >= 15 is 0 Å². The Hall–Kier alpha value is -1.86. The van der Waals surface area contributed by atoms with Gasteiger partial charge in [-0.1, -0.05) is 12.1 Å². The molecular formula is C19H20F3NO2S. The molecule has 0 saturated carbocycles. The first-order chi connectivity index (χ1) is 12.3. The van der Waals surface area contributed by atoms with Crippen LogP contribution < -0.4 is 0 Å². The molecule has 1 fully saturated rings. The van der Waals surface area contributed by atoms with Crippen molar-refractivity contribution in [2.24, 2.45) is 5.92 Å². The van der Waals surface area contributed by atoms with Crippen molar-refractivity contribution in [1.29, 1.82) is 0 Å². The second kappa shape index (κ2) is 7.40. The lowest BCUT2D eigenvalue weighted by molar-refractivity contribution is -0.143. The number of carbonyl (C=O) groups is 1. The molecule has 1 unspecified atom stereocenters. The van der Waals surface area contributed by atoms with Crippen molar-refractivity contribution in [2.75, 3.05) is 13.1 Å². The molecule has 0 amide bonds. The first-order valence-electron chi connectivity index (χ1n) is 8.45. The first kappa shape index (κ1) is 18.9. The van der Waals surface area contributed by atoms with Crippen LogP contribution >= 0.6 is 11.3 Å². The lowest BCUT2D eigenvalue weighted by Gasteiger charge is -2.36. The van der Waals surface area contributed by atoms with Crippen LogP contribution in [0.15, 0.2) is 35.7 Å². The Labute approximate surface area is 154 Å². The molecule has 0 radical (unpaired) electrons. The van der Waals surface area contributed by atoms with Crippen molar-refractivity contribution < 1.29 is 23.1 Å². The summed E-state index contributed by atoms with van der Waals surface area (Å²) in [5.41, 5.74) is 1.25. The number of halogens is 3. The lowest BCUT2D eigenvalue weighted by Crippen LogP contribution is -2.39. The number of aliphatic carboxylic acids is 1. The monoisotopic (exact) mass is 383 g/mol. The van der Waals surface area contributed by atoms with Gasteiger partial charge >= 0.3 is 12.1 Å². The smallest absolute Gasteiger partial charge is 0.416 e. The van der Waals surface area contributed by atoms with Crippen LogP contribution in [0.4, 0.5) is 13.2 Å². The minimum absolute atomic E-state index is 0.147. The number of hydrogen-bond donors (Lipinski definition) is 1. The maximum atomic E-state index is 12.9. The molecule has 1 aliphatic rings. The predicted molar refractivity (Wildman–Crippen MR) is 94.3 cm³/mol. The summed E-state index contributed by atoms with van der Waals surface area (Å²) >= 11 is 1.58. The van der Waals surface area contributed by atoms with Gasteiger partial charge in [-0.3, -0.25) is 9.69 Å². The summed E-state index contributed by atoms with van der Waals surface area (Å²) in [7, 11) is 0. The number of benzene rings is 1. The number of rotatable bonds is 4. The molecule has 1 aliphatic heterocycles. The zero-order valence-corrected chi connectivity index (χ0v) is 15.1. The largest absolute Gasteiger partial charge is 0.481 e. The van der Waals surface area contributed by atoms with Crippen molar-refractivity contribution in [3.63, 3.8) is 0 Å². The summed E-state index contributed by atoms with van der Waals surface area (Å²) in [6.45, 7) is 3.21. The molecule has 0 aliphatic carbocycles. The second-order valence-corrected chi connectivity index (χ2v) is 7.64. The SMILES string of the molecule is Cc1csc(C(c2ccc(C(F)(F)F)cc2)N2CCC(C(=O)O)CC2)c1. The lowest BCUT2D eigenvalue weighted by atomic mass is 9.93. The Bertz CT molecular complexity index is 762. The minimum atomic E-state index is -4.35. The highest BCUT2D eigenvalue weighted by Gasteiger charge is 2.33. The molecule has 3 rings (SSSR count). The maximum absolute atomic E-state index is 12.9. The molecule has 1 saturated heterocycles. The molecule has 0 spiro atoms. The number of alkyl halides is 3. The van der Waals surface area contributed by atoms with Crippen LogP contribution in [0.3, 0.4) is 0 Å². The molecule has 1 atom stereocenters. The van der Waals surface area contributed by atoms with Crippen molar-refractivity contribution >= 4 is 17.3 Å². The summed E-state index contributed by atoms with van der Waals surface area (Å²) in [5, 5.41) is 11.2. The van der Waals surface area contributed by atoms with Crippen LogP contribution in [0.25, 0.3) is 0 Å². The van der Waals surface area contributed by atoms with Crippen molar-refractivity contribution in [2.45, 2.75) is 32.0 Å². The standard InChI is InChI=1S/C19H20F3NO2S/c1-12-10-16(26-11-12)17(23-8-6-14(7-9-23)18(24)25)13-2-4-15(5-3-13)19(20,21)22/h2-5,10-11,14,17H,6-9H2,1H3,(H,24,25).